The zero-order chi connectivity index (χ0) is 95.9. The lowest BCUT2D eigenvalue weighted by Crippen LogP contribution is -2.66. The molecule has 0 radical (unpaired) electrons. The third-order valence-electron chi connectivity index (χ3n) is 23.8. The molecule has 0 spiro atoms. The van der Waals surface area contributed by atoms with Crippen LogP contribution in [0.4, 0.5) is 0 Å². The molecule has 2 saturated heterocycles. The van der Waals surface area contributed by atoms with Crippen LogP contribution in [0, 0.1) is 0 Å². The molecule has 42 heteroatoms. The molecule has 720 valence electrons. The summed E-state index contributed by atoms with van der Waals surface area (Å²) in [6, 6.07) is 6.02. The van der Waals surface area contributed by atoms with E-state index in [0.29, 0.717) is 44.6 Å². The molecule has 2 fully saturated rings. The van der Waals surface area contributed by atoms with E-state index in [0.717, 1.165) is 132 Å². The summed E-state index contributed by atoms with van der Waals surface area (Å²) in [5, 5.41) is 158. The number of hydrogen-bond donors (Lipinski definition) is 23. The number of carbonyl (C=O) groups excluding carboxylic acids is 9. The van der Waals surface area contributed by atoms with Gasteiger partial charge in [0.05, 0.1) is 23.8 Å². The van der Waals surface area contributed by atoms with Crippen molar-refractivity contribution in [3.05, 3.63) is 164 Å². The summed E-state index contributed by atoms with van der Waals surface area (Å²) >= 11 is 14.4. The summed E-state index contributed by atoms with van der Waals surface area (Å²) in [6.07, 6.45) is -12.6. The average molecular weight is 1900 g/mol. The first-order valence-electron chi connectivity index (χ1n) is 44.1. The number of amides is 8. The van der Waals surface area contributed by atoms with Crippen LogP contribution >= 0.6 is 23.2 Å². The summed E-state index contributed by atoms with van der Waals surface area (Å²) in [5.41, 5.74) is 3.02. The molecule has 0 saturated carbocycles. The SMILES string of the molecule is CCCCCCCCCCC(=O)N[C@H]1[C@H](Oc2c3cc4cc2Oc2ccc(cc2Cl)[C@@H](O)[C@@H]2NC(=O)[C@H](NC(=O)[C@@H]4NC(=O)[C@H]4NC(=O)[C@@H](Cc5ccc(cc5)O3)NC(=O)[C@@H](NC)c3ccc(O)c(c3)Oc3cc(O)c(Cl)c4c3)c3ccc(O)c(c3)-c3c(O[C@H]4O[C@H](CO)[C@@H](O)[C@H](O)[C@@H]4O)cc(O)cc3[C@H](C(=O)NCCCNCCCNCCCN)NC2=O)O[C@H](C(=O)OC)[C@@H](O)[C@@H]1O. The first-order chi connectivity index (χ1) is 64.4. The molecule has 40 nitrogen and oxygen atoms in total. The van der Waals surface area contributed by atoms with Crippen molar-refractivity contribution in [2.75, 3.05) is 60.0 Å². The number of benzene rings is 7. The number of likely N-dealkylation sites (N-methyl/N-ethyl adjacent to an activating group) is 1. The number of phenols is 4. The second-order valence-electron chi connectivity index (χ2n) is 33.2. The Balaban J connectivity index is 1.02. The number of phenolic OH excluding ortho intramolecular Hbond substituents is 4. The van der Waals surface area contributed by atoms with Crippen molar-refractivity contribution in [1.29, 1.82) is 0 Å². The third kappa shape index (κ3) is 23.3. The Kier molecular flexibility index (Phi) is 33.7. The zero-order valence-electron chi connectivity index (χ0n) is 73.2. The topological polar surface area (TPSA) is 608 Å². The Morgan fingerprint density at radius 2 is 1.16 bits per heavy atom. The number of rotatable bonds is 29. The van der Waals surface area contributed by atoms with Gasteiger partial charge < -0.3 is 158 Å². The van der Waals surface area contributed by atoms with Crippen LogP contribution in [0.2, 0.25) is 10.0 Å². The van der Waals surface area contributed by atoms with Crippen molar-refractivity contribution in [1.82, 2.24) is 58.5 Å². The van der Waals surface area contributed by atoms with E-state index in [9.17, 15) is 70.6 Å². The fourth-order valence-corrected chi connectivity index (χ4v) is 17.0. The highest BCUT2D eigenvalue weighted by Gasteiger charge is 2.52. The molecule has 18 atom stereocenters. The van der Waals surface area contributed by atoms with E-state index in [1.54, 1.807) is 0 Å². The summed E-state index contributed by atoms with van der Waals surface area (Å²) < 4.78 is 50.1. The number of hydrogen-bond acceptors (Lipinski definition) is 32. The van der Waals surface area contributed by atoms with Gasteiger partial charge in [0.2, 0.25) is 65.6 Å². The van der Waals surface area contributed by atoms with Crippen LogP contribution in [0.25, 0.3) is 11.1 Å². The number of esters is 1. The molecule has 15 rings (SSSR count). The highest BCUT2D eigenvalue weighted by molar-refractivity contribution is 6.33. The Hall–Kier alpha value is -12.0. The number of aliphatic hydroxyl groups excluding tert-OH is 7. The minimum Gasteiger partial charge on any atom is -0.508 e. The van der Waals surface area contributed by atoms with Gasteiger partial charge in [-0.3, -0.25) is 38.4 Å². The number of halogens is 2. The van der Waals surface area contributed by atoms with Gasteiger partial charge in [0, 0.05) is 48.2 Å². The maximum atomic E-state index is 16.9. The Bertz CT molecular complexity index is 5430. The molecule has 7 aromatic rings. The standard InChI is InChI=1S/C92H110Cl2N12O28/c1-4-5-6-7-8-9-10-11-15-65(112)101-74-77(115)79(117)82(90(126)127-3)134-91(74)133-81-62-36-47-37-63(81)130-59-25-20-46(34-54(59)93)75(113)73-89(125)105-71(84(120)99-31-14-30-98-29-13-28-97-27-12-26-95)52-38-48(108)39-61(131-92-80(118)78(116)76(114)64(42-107)132-92)66(52)51-33-44(18-23-56(51)109)69(86(122)106-73)102-87(123)70(47)103-88(124)72-53-40-50(41-58(111)67(53)94)129-60-35-45(19-24-57(60)110)68(96-2)85(121)100-55(83(119)104-72)32-43-16-21-49(128-62)22-17-43/h16-25,33-41,55,64,68-80,82,91-92,96-98,107-111,113-118H,4-15,26-32,42,95H2,1-3H3,(H,99,120)(H,100,121)(H,101,112)(H,102,123)(H,103,124)(H,104,119)(H,105,125)(H,106,122)/t55-,64-,68+,69-,70-,71-,72+,73+,74-,75-,76-,77-,78+,79+,80+,82+,91-,92+/m1/s1. The van der Waals surface area contributed by atoms with Crippen LogP contribution in [0.3, 0.4) is 0 Å². The molecule has 8 aliphatic rings. The molecule has 0 aliphatic carbocycles. The molecule has 7 aromatic carbocycles. The maximum Gasteiger partial charge on any atom is 0.337 e. The third-order valence-corrected chi connectivity index (χ3v) is 24.5. The van der Waals surface area contributed by atoms with Crippen molar-refractivity contribution in [3.63, 3.8) is 0 Å². The maximum absolute atomic E-state index is 16.9. The van der Waals surface area contributed by atoms with E-state index < -0.39 is 271 Å². The number of fused-ring (bicyclic) bond motifs is 14. The molecule has 134 heavy (non-hydrogen) atoms. The molecule has 17 bridgehead atoms. The van der Waals surface area contributed by atoms with Gasteiger partial charge in [0.25, 0.3) is 0 Å². The lowest BCUT2D eigenvalue weighted by Gasteiger charge is -2.41. The summed E-state index contributed by atoms with van der Waals surface area (Å²) in [5.74, 6) is -17.2. The molecular weight excluding hydrogens is 1790 g/mol. The molecule has 8 amide bonds. The first-order valence-corrected chi connectivity index (χ1v) is 44.9. The summed E-state index contributed by atoms with van der Waals surface area (Å²) in [7, 11) is 2.40. The zero-order valence-corrected chi connectivity index (χ0v) is 74.7. The van der Waals surface area contributed by atoms with Gasteiger partial charge in [0.1, 0.15) is 131 Å². The van der Waals surface area contributed by atoms with Crippen LogP contribution in [0.15, 0.2) is 115 Å². The van der Waals surface area contributed by atoms with E-state index >= 15 is 28.8 Å². The van der Waals surface area contributed by atoms with Crippen LogP contribution in [-0.4, -0.2) is 243 Å². The molecular formula is C92H110Cl2N12O28. The van der Waals surface area contributed by atoms with Crippen LogP contribution in [0.1, 0.15) is 159 Å². The highest BCUT2D eigenvalue weighted by Crippen LogP contribution is 2.51. The van der Waals surface area contributed by atoms with Gasteiger partial charge in [-0.1, -0.05) is 105 Å². The molecule has 8 aliphatic heterocycles. The van der Waals surface area contributed by atoms with Crippen molar-refractivity contribution < 1.29 is 137 Å². The van der Waals surface area contributed by atoms with Gasteiger partial charge in [0.15, 0.2) is 29.1 Å². The number of aromatic hydroxyl groups is 4. The monoisotopic (exact) mass is 1900 g/mol. The van der Waals surface area contributed by atoms with Crippen molar-refractivity contribution in [2.45, 2.75) is 200 Å². The van der Waals surface area contributed by atoms with Gasteiger partial charge in [-0.15, -0.1) is 0 Å². The fourth-order valence-electron chi connectivity index (χ4n) is 16.5. The lowest BCUT2D eigenvalue weighted by molar-refractivity contribution is -0.277. The van der Waals surface area contributed by atoms with Gasteiger partial charge >= 0.3 is 5.97 Å². The molecule has 8 heterocycles. The van der Waals surface area contributed by atoms with Crippen LogP contribution in [0.5, 0.6) is 69.0 Å². The quantitative estimate of drug-likeness (QED) is 0.0236. The number of ether oxygens (including phenoxy) is 8. The number of aliphatic hydroxyl groups is 7. The predicted octanol–water partition coefficient (Wildman–Crippen LogP) is 3.37. The highest BCUT2D eigenvalue weighted by atomic mass is 35.5. The van der Waals surface area contributed by atoms with Crippen molar-refractivity contribution in [3.8, 4) is 80.1 Å². The van der Waals surface area contributed by atoms with E-state index in [-0.39, 0.29) is 47.8 Å². The second kappa shape index (κ2) is 45.4. The van der Waals surface area contributed by atoms with E-state index in [2.05, 4.69) is 65.4 Å². The Morgan fingerprint density at radius 3 is 1.86 bits per heavy atom. The van der Waals surface area contributed by atoms with E-state index in [4.69, 9.17) is 66.8 Å². The molecule has 0 aromatic heterocycles. The van der Waals surface area contributed by atoms with Crippen LogP contribution in [-0.2, 0) is 63.8 Å². The van der Waals surface area contributed by atoms with Gasteiger partial charge in [-0.25, -0.2) is 4.79 Å². The Morgan fingerprint density at radius 1 is 0.530 bits per heavy atom. The van der Waals surface area contributed by atoms with E-state index in [1.165, 1.54) is 55.6 Å². The van der Waals surface area contributed by atoms with Gasteiger partial charge in [-0.05, 0) is 172 Å². The number of nitrogens with two attached hydrogens (primary N) is 1. The molecule has 24 N–H and O–H groups in total. The summed E-state index contributed by atoms with van der Waals surface area (Å²) in [6.45, 7) is 3.83. The number of carbonyl (C=O) groups is 9. The van der Waals surface area contributed by atoms with Crippen molar-refractivity contribution >= 4 is 76.4 Å². The minimum atomic E-state index is -2.44. The van der Waals surface area contributed by atoms with Crippen LogP contribution < -0.4 is 87.9 Å². The molecule has 0 unspecified atom stereocenters. The summed E-state index contributed by atoms with van der Waals surface area (Å²) in [4.78, 5) is 140. The smallest absolute Gasteiger partial charge is 0.337 e. The van der Waals surface area contributed by atoms with Gasteiger partial charge in [-0.2, -0.15) is 0 Å². The van der Waals surface area contributed by atoms with E-state index in [1.807, 2.05) is 0 Å². The average Bonchev–Trinajstić information content (AvgIpc) is 0.755. The number of unbranched alkanes of at least 4 members (excludes halogenated alkanes) is 7. The minimum absolute atomic E-state index is 0.114. The fraction of sp³-hybridized carbons (Fsp3) is 0.446. The number of nitrogens with one attached hydrogen (secondary N) is 11. The first kappa shape index (κ1) is 99.5. The number of methoxy groups -OCH3 is 1. The normalized spacial score (nSPS) is 25.1. The largest absolute Gasteiger partial charge is 0.508 e. The predicted molar refractivity (Wildman–Crippen MR) is 477 cm³/mol. The lowest BCUT2D eigenvalue weighted by atomic mass is 9.89. The Labute approximate surface area is 778 Å². The second-order valence-corrected chi connectivity index (χ2v) is 34.0. The van der Waals surface area contributed by atoms with Crippen molar-refractivity contribution in [2.24, 2.45) is 5.73 Å².